The summed E-state index contributed by atoms with van der Waals surface area (Å²) < 4.78 is 0.719. The van der Waals surface area contributed by atoms with E-state index in [0.717, 1.165) is 4.57 Å². The van der Waals surface area contributed by atoms with E-state index in [1.165, 1.54) is 7.05 Å². The van der Waals surface area contributed by atoms with Gasteiger partial charge in [-0.25, -0.2) is 4.79 Å². The predicted molar refractivity (Wildman–Crippen MR) is 35.6 cm³/mol. The first kappa shape index (κ1) is 7.39. The number of nitrogens with one attached hydrogen (secondary N) is 1. The highest BCUT2D eigenvalue weighted by Gasteiger charge is 2.08. The molecule has 0 amide bonds. The van der Waals surface area contributed by atoms with Gasteiger partial charge in [0.15, 0.2) is 0 Å². The topological polar surface area (TPSA) is 95.3 Å². The van der Waals surface area contributed by atoms with Crippen molar-refractivity contribution >= 4 is 0 Å². The minimum atomic E-state index is -0.995. The predicted octanol–water partition coefficient (Wildman–Crippen LogP) is -1.52. The van der Waals surface area contributed by atoms with Gasteiger partial charge in [0.05, 0.1) is 0 Å². The van der Waals surface area contributed by atoms with E-state index >= 15 is 0 Å². The maximum Gasteiger partial charge on any atom is 0.331 e. The molecule has 0 spiro atoms. The third-order valence-corrected chi connectivity index (χ3v) is 1.27. The van der Waals surface area contributed by atoms with Gasteiger partial charge in [0, 0.05) is 7.05 Å². The van der Waals surface area contributed by atoms with Crippen LogP contribution in [0.25, 0.3) is 0 Å². The van der Waals surface area contributed by atoms with Crippen molar-refractivity contribution in [3.05, 3.63) is 20.8 Å². The van der Waals surface area contributed by atoms with Crippen LogP contribution >= 0.6 is 0 Å². The molecule has 11 heavy (non-hydrogen) atoms. The van der Waals surface area contributed by atoms with Crippen LogP contribution in [-0.4, -0.2) is 19.8 Å². The Balaban J connectivity index is 3.73. The fourth-order valence-corrected chi connectivity index (χ4v) is 0.597. The van der Waals surface area contributed by atoms with Crippen LogP contribution in [0.3, 0.4) is 0 Å². The minimum absolute atomic E-state index is 0.719. The molecule has 0 saturated carbocycles. The minimum Gasteiger partial charge on any atom is -0.499 e. The molecule has 1 rings (SSSR count). The quantitative estimate of drug-likeness (QED) is 0.427. The number of H-pyrrole nitrogens is 1. The van der Waals surface area contributed by atoms with E-state index in [9.17, 15) is 9.59 Å². The van der Waals surface area contributed by atoms with Crippen molar-refractivity contribution in [3.8, 4) is 11.6 Å². The molecule has 60 valence electrons. The summed E-state index contributed by atoms with van der Waals surface area (Å²) in [6.45, 7) is 0. The van der Waals surface area contributed by atoms with Crippen LogP contribution in [0, 0.1) is 0 Å². The molecule has 1 aromatic rings. The van der Waals surface area contributed by atoms with Crippen LogP contribution in [0.2, 0.25) is 0 Å². The highest BCUT2D eigenvalue weighted by Crippen LogP contribution is 2.13. The number of aromatic hydroxyl groups is 2. The average molecular weight is 158 g/mol. The first-order valence-corrected chi connectivity index (χ1v) is 2.75. The summed E-state index contributed by atoms with van der Waals surface area (Å²) in [7, 11) is 1.22. The van der Waals surface area contributed by atoms with Crippen molar-refractivity contribution in [2.24, 2.45) is 7.05 Å². The molecule has 0 saturated heterocycles. The molecular weight excluding hydrogens is 152 g/mol. The van der Waals surface area contributed by atoms with Gasteiger partial charge in [-0.1, -0.05) is 0 Å². The first-order valence-electron chi connectivity index (χ1n) is 2.75. The molecule has 6 nitrogen and oxygen atoms in total. The maximum atomic E-state index is 10.6. The first-order chi connectivity index (χ1) is 5.04. The van der Waals surface area contributed by atoms with Gasteiger partial charge in [-0.2, -0.15) is 0 Å². The van der Waals surface area contributed by atoms with Crippen molar-refractivity contribution < 1.29 is 10.2 Å². The number of nitrogens with zero attached hydrogens (tertiary/aromatic N) is 1. The molecule has 0 aliphatic rings. The summed E-state index contributed by atoms with van der Waals surface area (Å²) in [5.41, 5.74) is -1.77. The van der Waals surface area contributed by atoms with Gasteiger partial charge in [0.25, 0.3) is 5.56 Å². The van der Waals surface area contributed by atoms with Crippen LogP contribution in [0.5, 0.6) is 11.6 Å². The fraction of sp³-hybridized carbons (Fsp3) is 0.200. The maximum absolute atomic E-state index is 10.6. The second-order valence-electron chi connectivity index (χ2n) is 1.99. The van der Waals surface area contributed by atoms with Gasteiger partial charge in [-0.05, 0) is 0 Å². The Bertz CT molecular complexity index is 354. The molecule has 0 aromatic carbocycles. The van der Waals surface area contributed by atoms with Crippen LogP contribution in [-0.2, 0) is 7.05 Å². The van der Waals surface area contributed by atoms with E-state index in [2.05, 4.69) is 0 Å². The van der Waals surface area contributed by atoms with E-state index in [-0.39, 0.29) is 0 Å². The lowest BCUT2D eigenvalue weighted by molar-refractivity contribution is 0.359. The third-order valence-electron chi connectivity index (χ3n) is 1.27. The monoisotopic (exact) mass is 158 g/mol. The Morgan fingerprint density at radius 3 is 2.45 bits per heavy atom. The van der Waals surface area contributed by atoms with Gasteiger partial charge in [0.2, 0.25) is 11.6 Å². The molecule has 0 aliphatic carbocycles. The molecule has 1 aromatic heterocycles. The number of aromatic nitrogens is 2. The smallest absolute Gasteiger partial charge is 0.331 e. The second-order valence-corrected chi connectivity index (χ2v) is 1.99. The highest BCUT2D eigenvalue weighted by atomic mass is 16.3. The third kappa shape index (κ3) is 0.977. The zero-order valence-electron chi connectivity index (χ0n) is 5.66. The molecule has 0 unspecified atom stereocenters. The normalized spacial score (nSPS) is 9.91. The summed E-state index contributed by atoms with van der Waals surface area (Å²) in [6, 6.07) is 0. The van der Waals surface area contributed by atoms with Gasteiger partial charge >= 0.3 is 5.69 Å². The summed E-state index contributed by atoms with van der Waals surface area (Å²) >= 11 is 0. The van der Waals surface area contributed by atoms with E-state index < -0.39 is 22.9 Å². The zero-order valence-corrected chi connectivity index (χ0v) is 5.66. The van der Waals surface area contributed by atoms with E-state index in [1.807, 2.05) is 0 Å². The van der Waals surface area contributed by atoms with Crippen LogP contribution in [0.15, 0.2) is 9.59 Å². The lowest BCUT2D eigenvalue weighted by Crippen LogP contribution is -2.27. The molecule has 0 fully saturated rings. The van der Waals surface area contributed by atoms with Crippen LogP contribution < -0.4 is 11.2 Å². The molecular formula is C5H6N2O4. The number of rotatable bonds is 0. The molecule has 0 bridgehead atoms. The van der Waals surface area contributed by atoms with Crippen LogP contribution in [0.4, 0.5) is 0 Å². The van der Waals surface area contributed by atoms with Gasteiger partial charge in [-0.3, -0.25) is 14.3 Å². The molecule has 0 atom stereocenters. The molecule has 3 N–H and O–H groups in total. The molecule has 0 aliphatic heterocycles. The average Bonchev–Trinajstić information content (AvgIpc) is 1.97. The fourth-order valence-electron chi connectivity index (χ4n) is 0.597. The van der Waals surface area contributed by atoms with Crippen molar-refractivity contribution in [2.45, 2.75) is 0 Å². The molecule has 1 heterocycles. The summed E-state index contributed by atoms with van der Waals surface area (Å²) in [5.74, 6) is -1.59. The van der Waals surface area contributed by atoms with Crippen molar-refractivity contribution in [1.29, 1.82) is 0 Å². The van der Waals surface area contributed by atoms with Crippen LogP contribution in [0.1, 0.15) is 0 Å². The lowest BCUT2D eigenvalue weighted by atomic mass is 10.5. The molecule has 0 radical (unpaired) electrons. The Morgan fingerprint density at radius 1 is 1.36 bits per heavy atom. The van der Waals surface area contributed by atoms with E-state index in [1.54, 1.807) is 4.98 Å². The Kier molecular flexibility index (Phi) is 1.45. The zero-order chi connectivity index (χ0) is 8.59. The summed E-state index contributed by atoms with van der Waals surface area (Å²) in [4.78, 5) is 23.0. The van der Waals surface area contributed by atoms with Crippen molar-refractivity contribution in [2.75, 3.05) is 0 Å². The highest BCUT2D eigenvalue weighted by molar-refractivity contribution is 5.27. The number of hydrogen-bond acceptors (Lipinski definition) is 4. The molecule has 6 heteroatoms. The lowest BCUT2D eigenvalue weighted by Gasteiger charge is -2.00. The Hall–Kier alpha value is -1.72. The van der Waals surface area contributed by atoms with Gasteiger partial charge in [0.1, 0.15) is 0 Å². The second kappa shape index (κ2) is 2.15. The standard InChI is InChI=1S/C5H6N2O4/c1-7-4(10)2(8)3(9)6-5(7)11/h8,10H,1H3,(H,6,9,11). The summed E-state index contributed by atoms with van der Waals surface area (Å²) in [5, 5.41) is 17.6. The SMILES string of the molecule is Cn1c(O)c(O)c(=O)[nH]c1=O. The number of aromatic amines is 1. The summed E-state index contributed by atoms with van der Waals surface area (Å²) in [6.07, 6.45) is 0. The van der Waals surface area contributed by atoms with E-state index in [4.69, 9.17) is 10.2 Å². The van der Waals surface area contributed by atoms with Gasteiger partial charge < -0.3 is 10.2 Å². The van der Waals surface area contributed by atoms with E-state index in [0.29, 0.717) is 0 Å². The Morgan fingerprint density at radius 2 is 1.91 bits per heavy atom. The van der Waals surface area contributed by atoms with Crippen molar-refractivity contribution in [3.63, 3.8) is 0 Å². The number of hydrogen-bond donors (Lipinski definition) is 3. The van der Waals surface area contributed by atoms with Crippen molar-refractivity contribution in [1.82, 2.24) is 9.55 Å². The Labute approximate surface area is 60.4 Å². The largest absolute Gasteiger partial charge is 0.499 e. The van der Waals surface area contributed by atoms with Gasteiger partial charge in [-0.15, -0.1) is 0 Å².